The highest BCUT2D eigenvalue weighted by atomic mass is 15.6. The van der Waals surface area contributed by atoms with E-state index in [9.17, 15) is 0 Å². The van der Waals surface area contributed by atoms with E-state index in [2.05, 4.69) is 138 Å². The van der Waals surface area contributed by atoms with Gasteiger partial charge in [0.2, 0.25) is 0 Å². The number of nitrogens with zero attached hydrogens (tertiary/aromatic N) is 7. The molecule has 4 aliphatic heterocycles. The zero-order valence-electron chi connectivity index (χ0n) is 25.6. The van der Waals surface area contributed by atoms with Crippen LogP contribution in [-0.4, -0.2) is 35.2 Å². The van der Waals surface area contributed by atoms with E-state index in [4.69, 9.17) is 10.1 Å². The van der Waals surface area contributed by atoms with Gasteiger partial charge in [-0.2, -0.15) is 5.10 Å². The highest BCUT2D eigenvalue weighted by molar-refractivity contribution is 6.15. The molecule has 9 rings (SSSR count). The number of fused-ring (bicyclic) bond motifs is 11. The average molecular weight is 588 g/mol. The van der Waals surface area contributed by atoms with Crippen LogP contribution in [0.5, 0.6) is 0 Å². The first kappa shape index (κ1) is 26.0. The molecule has 45 heavy (non-hydrogen) atoms. The molecule has 0 spiro atoms. The third-order valence-electron chi connectivity index (χ3n) is 10.8. The minimum Gasteiger partial charge on any atom is -0.333 e. The topological polar surface area (TPSA) is 51.1 Å². The molecule has 5 aliphatic rings. The Morgan fingerprint density at radius 2 is 1.60 bits per heavy atom. The van der Waals surface area contributed by atoms with Crippen LogP contribution in [0.15, 0.2) is 139 Å². The minimum absolute atomic E-state index is 0.0275. The molecule has 3 aromatic carbocycles. The molecular weight excluding hydrogens is 554 g/mol. The van der Waals surface area contributed by atoms with E-state index in [1.807, 2.05) is 24.4 Å². The lowest BCUT2D eigenvalue weighted by Gasteiger charge is -2.42. The van der Waals surface area contributed by atoms with Gasteiger partial charge in [0.05, 0.1) is 17.6 Å². The summed E-state index contributed by atoms with van der Waals surface area (Å²) in [6.45, 7) is 13.0. The number of anilines is 5. The summed E-state index contributed by atoms with van der Waals surface area (Å²) in [5.41, 5.74) is 10.2. The Morgan fingerprint density at radius 1 is 0.867 bits per heavy atom. The molecule has 1 aromatic heterocycles. The molecule has 0 bridgehead atoms. The van der Waals surface area contributed by atoms with Gasteiger partial charge in [-0.3, -0.25) is 0 Å². The van der Waals surface area contributed by atoms with Gasteiger partial charge < -0.3 is 14.7 Å². The Balaban J connectivity index is 1.34. The number of rotatable bonds is 4. The van der Waals surface area contributed by atoms with Gasteiger partial charge in [0, 0.05) is 40.3 Å². The van der Waals surface area contributed by atoms with Gasteiger partial charge in [-0.05, 0) is 35.4 Å². The maximum Gasteiger partial charge on any atom is 0.162 e. The highest BCUT2D eigenvalue weighted by Gasteiger charge is 2.79. The van der Waals surface area contributed by atoms with Crippen molar-refractivity contribution >= 4 is 40.0 Å². The summed E-state index contributed by atoms with van der Waals surface area (Å²) in [4.78, 5) is 16.3. The first-order chi connectivity index (χ1) is 22.0. The predicted molar refractivity (Wildman–Crippen MR) is 183 cm³/mol. The number of amidine groups is 1. The van der Waals surface area contributed by atoms with E-state index < -0.39 is 0 Å². The van der Waals surface area contributed by atoms with Crippen LogP contribution in [0.4, 0.5) is 28.6 Å². The normalized spacial score (nSPS) is 28.5. The van der Waals surface area contributed by atoms with Crippen LogP contribution in [0.1, 0.15) is 25.0 Å². The molecule has 7 nitrogen and oxygen atoms in total. The second kappa shape index (κ2) is 8.82. The van der Waals surface area contributed by atoms with Crippen molar-refractivity contribution in [3.63, 3.8) is 0 Å². The fourth-order valence-corrected chi connectivity index (χ4v) is 8.76. The number of hydrogen-bond donors (Lipinski definition) is 0. The molecule has 4 aromatic rings. The van der Waals surface area contributed by atoms with Crippen LogP contribution in [0.25, 0.3) is 5.57 Å². The molecule has 1 fully saturated rings. The van der Waals surface area contributed by atoms with Gasteiger partial charge in [0.25, 0.3) is 0 Å². The van der Waals surface area contributed by atoms with E-state index in [0.29, 0.717) is 0 Å². The van der Waals surface area contributed by atoms with Crippen molar-refractivity contribution in [1.82, 2.24) is 9.97 Å². The monoisotopic (exact) mass is 587 g/mol. The zero-order valence-corrected chi connectivity index (χ0v) is 25.6. The molecule has 4 unspecified atom stereocenters. The van der Waals surface area contributed by atoms with Crippen molar-refractivity contribution in [3.8, 4) is 0 Å². The first-order valence-corrected chi connectivity index (χ1v) is 15.4. The predicted octanol–water partition coefficient (Wildman–Crippen LogP) is 7.41. The number of hydrazone groups is 1. The van der Waals surface area contributed by atoms with E-state index >= 15 is 0 Å². The van der Waals surface area contributed by atoms with Crippen LogP contribution in [0, 0.1) is 5.41 Å². The Labute approximate surface area is 263 Å². The number of hydrogen-bond acceptors (Lipinski definition) is 7. The van der Waals surface area contributed by atoms with Crippen molar-refractivity contribution in [2.45, 2.75) is 31.6 Å². The lowest BCUT2D eigenvalue weighted by molar-refractivity contribution is 0.366. The second-order valence-corrected chi connectivity index (χ2v) is 12.6. The molecule has 7 heteroatoms. The fourth-order valence-electron chi connectivity index (χ4n) is 8.76. The Morgan fingerprint density at radius 3 is 2.38 bits per heavy atom. The Bertz CT molecular complexity index is 2040. The first-order valence-electron chi connectivity index (χ1n) is 15.4. The molecule has 1 aliphatic carbocycles. The van der Waals surface area contributed by atoms with Crippen molar-refractivity contribution in [3.05, 3.63) is 145 Å². The molecule has 220 valence electrons. The van der Waals surface area contributed by atoms with Gasteiger partial charge in [-0.1, -0.05) is 99.8 Å². The van der Waals surface area contributed by atoms with Gasteiger partial charge >= 0.3 is 0 Å². The molecule has 0 radical (unpaired) electrons. The fraction of sp³-hybridized carbons (Fsp3) is 0.184. The molecule has 4 atom stereocenters. The Kier molecular flexibility index (Phi) is 5.10. The van der Waals surface area contributed by atoms with Crippen molar-refractivity contribution in [1.29, 1.82) is 0 Å². The summed E-state index contributed by atoms with van der Waals surface area (Å²) >= 11 is 0. The largest absolute Gasteiger partial charge is 0.333 e. The number of allylic oxidation sites excluding steroid dienone is 2. The van der Waals surface area contributed by atoms with Crippen LogP contribution < -0.4 is 19.7 Å². The van der Waals surface area contributed by atoms with Crippen LogP contribution in [0.3, 0.4) is 0 Å². The Hall–Kier alpha value is -5.43. The number of likely N-dealkylation sites (N-methyl/N-ethyl adjacent to an activating group) is 1. The summed E-state index contributed by atoms with van der Waals surface area (Å²) < 4.78 is 0. The molecule has 1 saturated carbocycles. The van der Waals surface area contributed by atoms with Crippen molar-refractivity contribution < 1.29 is 0 Å². The maximum atomic E-state index is 5.40. The van der Waals surface area contributed by atoms with Crippen LogP contribution in [-0.2, 0) is 5.41 Å². The van der Waals surface area contributed by atoms with E-state index in [0.717, 1.165) is 34.3 Å². The maximum absolute atomic E-state index is 5.40. The number of para-hydroxylation sites is 3. The molecule has 0 saturated heterocycles. The molecule has 5 heterocycles. The van der Waals surface area contributed by atoms with Gasteiger partial charge in [0.15, 0.2) is 11.7 Å². The van der Waals surface area contributed by atoms with Gasteiger partial charge in [-0.25, -0.2) is 15.0 Å². The van der Waals surface area contributed by atoms with Crippen LogP contribution in [0.2, 0.25) is 0 Å². The van der Waals surface area contributed by atoms with Gasteiger partial charge in [-0.15, -0.1) is 0 Å². The lowest BCUT2D eigenvalue weighted by atomic mass is 9.81. The summed E-state index contributed by atoms with van der Waals surface area (Å²) in [5, 5.41) is 7.65. The summed E-state index contributed by atoms with van der Waals surface area (Å²) in [7, 11) is 2.16. The lowest BCUT2D eigenvalue weighted by Crippen LogP contribution is -2.52. The number of aromatic nitrogens is 2. The summed E-state index contributed by atoms with van der Waals surface area (Å²) in [6.07, 6.45) is 9.14. The SMILES string of the molecule is C=C/C=C(\C=C)C1=NN2c3ccccc3C3(C)/C(=C4\c5ccccc5N5c6cncnc6N(C)C45)C3(C)C2N1c1ccccc1. The average Bonchev–Trinajstić information content (AvgIpc) is 3.45. The third kappa shape index (κ3) is 2.98. The van der Waals surface area contributed by atoms with Crippen LogP contribution >= 0.6 is 0 Å². The van der Waals surface area contributed by atoms with Crippen molar-refractivity contribution in [2.24, 2.45) is 10.5 Å². The molecule has 0 amide bonds. The molecular formula is C38H33N7. The standard InChI is InChI=1S/C38H33N7/c1-6-15-24(7-2)33-41-45-29-21-14-12-19-27(29)37(3)32(38(37,4)36(45)43(33)25-16-9-8-10-17-25)31-26-18-11-13-20-28(26)44-30-22-39-23-40-34(30)42(5)35(31)44/h6-23,35-36H,1-2H2,3-5H3/b24-15+,32-31-. The van der Waals surface area contributed by atoms with E-state index in [1.54, 1.807) is 6.33 Å². The summed E-state index contributed by atoms with van der Waals surface area (Å²) in [6, 6.07) is 28.2. The number of benzene rings is 3. The quantitative estimate of drug-likeness (QED) is 0.232. The zero-order chi connectivity index (χ0) is 30.7. The summed E-state index contributed by atoms with van der Waals surface area (Å²) in [5.74, 6) is 1.82. The molecule has 0 N–H and O–H groups in total. The second-order valence-electron chi connectivity index (χ2n) is 12.6. The van der Waals surface area contributed by atoms with E-state index in [-0.39, 0.29) is 23.2 Å². The smallest absolute Gasteiger partial charge is 0.162 e. The van der Waals surface area contributed by atoms with Crippen molar-refractivity contribution in [2.75, 3.05) is 26.8 Å². The third-order valence-corrected chi connectivity index (χ3v) is 10.8. The van der Waals surface area contributed by atoms with Gasteiger partial charge in [0.1, 0.15) is 24.3 Å². The van der Waals surface area contributed by atoms with E-state index in [1.165, 1.54) is 28.0 Å². The highest BCUT2D eigenvalue weighted by Crippen LogP contribution is 2.79. The minimum atomic E-state index is -0.303.